The van der Waals surface area contributed by atoms with Gasteiger partial charge in [-0.05, 0) is 56.8 Å². The summed E-state index contributed by atoms with van der Waals surface area (Å²) in [5.74, 6) is 2.84. The number of Topliss-reactive ketones (excluding diaryl/α,β-unsaturated/α-hetero) is 1. The van der Waals surface area contributed by atoms with E-state index in [-0.39, 0.29) is 5.41 Å². The van der Waals surface area contributed by atoms with Crippen molar-refractivity contribution in [3.05, 3.63) is 0 Å². The first-order valence-corrected chi connectivity index (χ1v) is 6.03. The summed E-state index contributed by atoms with van der Waals surface area (Å²) in [5, 5.41) is 0. The van der Waals surface area contributed by atoms with Gasteiger partial charge in [0.25, 0.3) is 0 Å². The molecule has 1 nitrogen and oxygen atoms in total. The molecule has 0 heterocycles. The van der Waals surface area contributed by atoms with Crippen molar-refractivity contribution >= 4 is 5.78 Å². The van der Waals surface area contributed by atoms with Crippen molar-refractivity contribution in [1.82, 2.24) is 0 Å². The Bertz CT molecular complexity index is 224. The van der Waals surface area contributed by atoms with Crippen LogP contribution < -0.4 is 0 Å². The number of hydrogen-bond donors (Lipinski definition) is 0. The minimum absolute atomic E-state index is 0.0833. The molecule has 2 saturated carbocycles. The van der Waals surface area contributed by atoms with Gasteiger partial charge in [-0.15, -0.1) is 0 Å². The number of ketones is 1. The molecule has 2 aliphatic carbocycles. The number of carbonyl (C=O) groups is 1. The van der Waals surface area contributed by atoms with Gasteiger partial charge in [0.05, 0.1) is 0 Å². The highest BCUT2D eigenvalue weighted by Crippen LogP contribution is 2.53. The zero-order valence-corrected chi connectivity index (χ0v) is 9.68. The van der Waals surface area contributed by atoms with Crippen LogP contribution in [0.15, 0.2) is 0 Å². The Morgan fingerprint density at radius 1 is 1.07 bits per heavy atom. The minimum Gasteiger partial charge on any atom is -0.299 e. The normalized spacial score (nSPS) is 47.5. The van der Waals surface area contributed by atoms with Gasteiger partial charge in [-0.2, -0.15) is 0 Å². The first-order chi connectivity index (χ1) is 6.52. The lowest BCUT2D eigenvalue weighted by molar-refractivity contribution is -0.134. The highest BCUT2D eigenvalue weighted by atomic mass is 16.1. The Labute approximate surface area is 87.3 Å². The lowest BCUT2D eigenvalue weighted by Crippen LogP contribution is -2.43. The van der Waals surface area contributed by atoms with Crippen molar-refractivity contribution in [3.8, 4) is 0 Å². The highest BCUT2D eigenvalue weighted by molar-refractivity contribution is 5.82. The van der Waals surface area contributed by atoms with Crippen molar-refractivity contribution in [2.75, 3.05) is 0 Å². The van der Waals surface area contributed by atoms with E-state index in [0.29, 0.717) is 5.78 Å². The third-order valence-electron chi connectivity index (χ3n) is 4.38. The maximum absolute atomic E-state index is 11.8. The summed E-state index contributed by atoms with van der Waals surface area (Å²) in [6.45, 7) is 6.45. The van der Waals surface area contributed by atoms with Crippen molar-refractivity contribution in [1.29, 1.82) is 0 Å². The van der Waals surface area contributed by atoms with Gasteiger partial charge in [-0.3, -0.25) is 4.79 Å². The van der Waals surface area contributed by atoms with Gasteiger partial charge >= 0.3 is 0 Å². The molecule has 0 amide bonds. The number of hydrogen-bond acceptors (Lipinski definition) is 1. The van der Waals surface area contributed by atoms with E-state index in [1.807, 2.05) is 6.92 Å². The molecule has 2 aliphatic rings. The summed E-state index contributed by atoms with van der Waals surface area (Å²) in [6.07, 6.45) is 6.22. The van der Waals surface area contributed by atoms with Crippen LogP contribution in [-0.4, -0.2) is 5.78 Å². The van der Waals surface area contributed by atoms with E-state index in [9.17, 15) is 4.79 Å². The van der Waals surface area contributed by atoms with Crippen molar-refractivity contribution < 1.29 is 4.79 Å². The molecule has 2 atom stereocenters. The van der Waals surface area contributed by atoms with Crippen LogP contribution in [-0.2, 0) is 4.79 Å². The first kappa shape index (κ1) is 10.2. The van der Waals surface area contributed by atoms with Gasteiger partial charge in [-0.1, -0.05) is 13.8 Å². The fourth-order valence-electron chi connectivity index (χ4n) is 4.14. The largest absolute Gasteiger partial charge is 0.299 e. The van der Waals surface area contributed by atoms with E-state index >= 15 is 0 Å². The minimum atomic E-state index is 0.0833. The van der Waals surface area contributed by atoms with E-state index in [2.05, 4.69) is 13.8 Å². The maximum Gasteiger partial charge on any atom is 0.135 e. The summed E-state index contributed by atoms with van der Waals surface area (Å²) in [7, 11) is 0. The van der Waals surface area contributed by atoms with Crippen molar-refractivity contribution in [3.63, 3.8) is 0 Å². The zero-order chi connectivity index (χ0) is 10.3. The average molecular weight is 194 g/mol. The third-order valence-corrected chi connectivity index (χ3v) is 4.38. The van der Waals surface area contributed by atoms with Crippen LogP contribution in [0.5, 0.6) is 0 Å². The molecule has 0 aromatic carbocycles. The second-order valence-corrected chi connectivity index (χ2v) is 6.00. The zero-order valence-electron chi connectivity index (χ0n) is 9.68. The first-order valence-electron chi connectivity index (χ1n) is 6.03. The van der Waals surface area contributed by atoms with Crippen LogP contribution in [0.4, 0.5) is 0 Å². The van der Waals surface area contributed by atoms with Crippen LogP contribution in [0, 0.1) is 23.2 Å². The molecule has 0 aliphatic heterocycles. The van der Waals surface area contributed by atoms with Crippen LogP contribution in [0.1, 0.15) is 52.9 Å². The number of carbonyl (C=O) groups excluding carboxylic acids is 1. The van der Waals surface area contributed by atoms with Crippen molar-refractivity contribution in [2.45, 2.75) is 52.9 Å². The Hall–Kier alpha value is -0.330. The molecule has 80 valence electrons. The van der Waals surface area contributed by atoms with Crippen LogP contribution in [0.2, 0.25) is 0 Å². The lowest BCUT2D eigenvalue weighted by Gasteiger charge is -2.48. The monoisotopic (exact) mass is 194 g/mol. The second-order valence-electron chi connectivity index (χ2n) is 6.00. The Morgan fingerprint density at radius 3 is 2.00 bits per heavy atom. The molecule has 2 unspecified atom stereocenters. The van der Waals surface area contributed by atoms with Crippen LogP contribution in [0.3, 0.4) is 0 Å². The average Bonchev–Trinajstić information content (AvgIpc) is 2.00. The fourth-order valence-corrected chi connectivity index (χ4v) is 4.14. The van der Waals surface area contributed by atoms with Gasteiger partial charge < -0.3 is 0 Å². The Kier molecular flexibility index (Phi) is 2.45. The molecule has 0 radical (unpaired) electrons. The summed E-state index contributed by atoms with van der Waals surface area (Å²) in [6, 6.07) is 0. The summed E-state index contributed by atoms with van der Waals surface area (Å²) in [5.41, 5.74) is 0.0833. The molecular formula is C13H22O. The smallest absolute Gasteiger partial charge is 0.135 e. The van der Waals surface area contributed by atoms with E-state index < -0.39 is 0 Å². The van der Waals surface area contributed by atoms with E-state index in [4.69, 9.17) is 0 Å². The Balaban J connectivity index is 2.23. The van der Waals surface area contributed by atoms with Gasteiger partial charge in [0.2, 0.25) is 0 Å². The molecule has 0 aromatic rings. The molecule has 1 heteroatoms. The highest BCUT2D eigenvalue weighted by Gasteiger charge is 2.46. The molecule has 0 N–H and O–H groups in total. The number of fused-ring (bicyclic) bond motifs is 2. The van der Waals surface area contributed by atoms with Gasteiger partial charge in [0.15, 0.2) is 0 Å². The van der Waals surface area contributed by atoms with E-state index in [1.165, 1.54) is 19.3 Å². The second kappa shape index (κ2) is 3.36. The molecule has 2 rings (SSSR count). The van der Waals surface area contributed by atoms with Crippen LogP contribution in [0.25, 0.3) is 0 Å². The molecule has 14 heavy (non-hydrogen) atoms. The SMILES string of the molecule is CC(=O)C12CC(C)CC(CC(C)C1)C2. The molecular weight excluding hydrogens is 172 g/mol. The quantitative estimate of drug-likeness (QED) is 0.625. The molecule has 2 fully saturated rings. The van der Waals surface area contributed by atoms with E-state index in [0.717, 1.165) is 30.6 Å². The fraction of sp³-hybridized carbons (Fsp3) is 0.923. The van der Waals surface area contributed by atoms with Crippen LogP contribution >= 0.6 is 0 Å². The molecule has 2 bridgehead atoms. The van der Waals surface area contributed by atoms with E-state index in [1.54, 1.807) is 0 Å². The standard InChI is InChI=1S/C13H22O/c1-9-4-12-5-10(2)7-13(6-9,8-12)11(3)14/h9-10,12H,4-8H2,1-3H3. The topological polar surface area (TPSA) is 17.1 Å². The van der Waals surface area contributed by atoms with Gasteiger partial charge in [0.1, 0.15) is 5.78 Å². The summed E-state index contributed by atoms with van der Waals surface area (Å²) >= 11 is 0. The predicted octanol–water partition coefficient (Wildman–Crippen LogP) is 3.43. The lowest BCUT2D eigenvalue weighted by atomic mass is 9.55. The predicted molar refractivity (Wildman–Crippen MR) is 58.0 cm³/mol. The molecule has 0 spiro atoms. The number of rotatable bonds is 1. The third kappa shape index (κ3) is 1.62. The molecule has 0 aromatic heterocycles. The van der Waals surface area contributed by atoms with Gasteiger partial charge in [0, 0.05) is 5.41 Å². The summed E-state index contributed by atoms with van der Waals surface area (Å²) < 4.78 is 0. The van der Waals surface area contributed by atoms with Gasteiger partial charge in [-0.25, -0.2) is 0 Å². The van der Waals surface area contributed by atoms with Crippen molar-refractivity contribution in [2.24, 2.45) is 23.2 Å². The molecule has 0 saturated heterocycles. The Morgan fingerprint density at radius 2 is 1.57 bits per heavy atom. The maximum atomic E-state index is 11.8. The summed E-state index contributed by atoms with van der Waals surface area (Å²) in [4.78, 5) is 11.8.